The highest BCUT2D eigenvalue weighted by atomic mass is 32.2. The lowest BCUT2D eigenvalue weighted by molar-refractivity contribution is -0.116. The summed E-state index contributed by atoms with van der Waals surface area (Å²) in [6.07, 6.45) is 1.03. The maximum atomic E-state index is 12.5. The van der Waals surface area contributed by atoms with E-state index >= 15 is 0 Å². The number of ether oxygens (including phenoxy) is 1. The number of carbonyl (C=O) groups is 2. The Labute approximate surface area is 189 Å². The number of rotatable bonds is 10. The van der Waals surface area contributed by atoms with Crippen molar-refractivity contribution in [3.05, 3.63) is 60.2 Å². The van der Waals surface area contributed by atoms with E-state index in [9.17, 15) is 9.59 Å². The van der Waals surface area contributed by atoms with Gasteiger partial charge in [0.2, 0.25) is 16.9 Å². The predicted octanol–water partition coefficient (Wildman–Crippen LogP) is 4.63. The third kappa shape index (κ3) is 7.37. The predicted molar refractivity (Wildman–Crippen MR) is 125 cm³/mol. The minimum absolute atomic E-state index is 0.113. The molecule has 3 aromatic rings. The van der Waals surface area contributed by atoms with E-state index < -0.39 is 0 Å². The molecule has 162 valence electrons. The fourth-order valence-corrected chi connectivity index (χ4v) is 4.55. The third-order valence-electron chi connectivity index (χ3n) is 4.22. The standard InChI is InChI=1S/C22H24N4O3S2/c1-3-29-18-12-10-17(11-13-18)23-20(28)15(2)30-22-26-25-21(31-22)24-19(27)14-9-16-7-5-4-6-8-16/h4-8,10-13,15H,3,9,14H2,1-2H3,(H,23,28)(H,24,25,27)/t15-/m0/s1. The molecule has 9 heteroatoms. The van der Waals surface area contributed by atoms with Crippen LogP contribution in [0.3, 0.4) is 0 Å². The van der Waals surface area contributed by atoms with Crippen molar-refractivity contribution in [3.8, 4) is 5.75 Å². The number of nitrogens with zero attached hydrogens (tertiary/aromatic N) is 2. The van der Waals surface area contributed by atoms with Crippen molar-refractivity contribution in [2.75, 3.05) is 17.2 Å². The molecule has 2 N–H and O–H groups in total. The summed E-state index contributed by atoms with van der Waals surface area (Å²) in [5.41, 5.74) is 1.81. The summed E-state index contributed by atoms with van der Waals surface area (Å²) in [6.45, 7) is 4.31. The summed E-state index contributed by atoms with van der Waals surface area (Å²) < 4.78 is 6.02. The molecule has 0 radical (unpaired) electrons. The molecule has 0 unspecified atom stereocenters. The Bertz CT molecular complexity index is 994. The molecule has 7 nitrogen and oxygen atoms in total. The van der Waals surface area contributed by atoms with Crippen LogP contribution in [0.1, 0.15) is 25.8 Å². The number of carbonyl (C=O) groups excluding carboxylic acids is 2. The first-order valence-electron chi connectivity index (χ1n) is 9.91. The molecule has 0 spiro atoms. The van der Waals surface area contributed by atoms with Crippen LogP contribution in [0.2, 0.25) is 0 Å². The zero-order chi connectivity index (χ0) is 22.1. The van der Waals surface area contributed by atoms with Crippen LogP contribution in [0, 0.1) is 0 Å². The van der Waals surface area contributed by atoms with Gasteiger partial charge in [0.25, 0.3) is 0 Å². The number of aryl methyl sites for hydroxylation is 1. The number of nitrogens with one attached hydrogen (secondary N) is 2. The Balaban J connectivity index is 1.45. The molecule has 0 bridgehead atoms. The van der Waals surface area contributed by atoms with E-state index in [4.69, 9.17) is 4.74 Å². The molecule has 1 aromatic heterocycles. The van der Waals surface area contributed by atoms with E-state index in [2.05, 4.69) is 20.8 Å². The van der Waals surface area contributed by atoms with E-state index in [1.807, 2.05) is 49.4 Å². The lowest BCUT2D eigenvalue weighted by atomic mass is 10.1. The molecule has 3 rings (SSSR count). The number of anilines is 2. The normalized spacial score (nSPS) is 11.5. The van der Waals surface area contributed by atoms with Crippen LogP contribution < -0.4 is 15.4 Å². The molecule has 0 saturated heterocycles. The Hall–Kier alpha value is -2.91. The van der Waals surface area contributed by atoms with Gasteiger partial charge >= 0.3 is 0 Å². The number of hydrogen-bond acceptors (Lipinski definition) is 7. The maximum Gasteiger partial charge on any atom is 0.237 e. The van der Waals surface area contributed by atoms with Gasteiger partial charge in [-0.05, 0) is 50.1 Å². The smallest absolute Gasteiger partial charge is 0.237 e. The van der Waals surface area contributed by atoms with Crippen molar-refractivity contribution in [3.63, 3.8) is 0 Å². The fraction of sp³-hybridized carbons (Fsp3) is 0.273. The quantitative estimate of drug-likeness (QED) is 0.341. The Morgan fingerprint density at radius 2 is 1.81 bits per heavy atom. The molecule has 0 aliphatic carbocycles. The van der Waals surface area contributed by atoms with Gasteiger partial charge in [0.1, 0.15) is 5.75 Å². The van der Waals surface area contributed by atoms with Gasteiger partial charge in [-0.2, -0.15) is 0 Å². The van der Waals surface area contributed by atoms with Crippen molar-refractivity contribution >= 4 is 45.7 Å². The number of aromatic nitrogens is 2. The summed E-state index contributed by atoms with van der Waals surface area (Å²) in [5.74, 6) is 0.505. The monoisotopic (exact) mass is 456 g/mol. The molecule has 2 aromatic carbocycles. The highest BCUT2D eigenvalue weighted by molar-refractivity contribution is 8.02. The van der Waals surface area contributed by atoms with Crippen LogP contribution in [-0.2, 0) is 16.0 Å². The van der Waals surface area contributed by atoms with E-state index in [-0.39, 0.29) is 17.1 Å². The second-order valence-electron chi connectivity index (χ2n) is 6.61. The van der Waals surface area contributed by atoms with E-state index in [0.717, 1.165) is 11.3 Å². The van der Waals surface area contributed by atoms with Crippen LogP contribution in [-0.4, -0.2) is 33.9 Å². The number of hydrogen-bond donors (Lipinski definition) is 2. The summed E-state index contributed by atoms with van der Waals surface area (Å²) in [7, 11) is 0. The molecular formula is C22H24N4O3S2. The number of thioether (sulfide) groups is 1. The molecule has 0 aliphatic rings. The number of benzene rings is 2. The largest absolute Gasteiger partial charge is 0.494 e. The lowest BCUT2D eigenvalue weighted by Gasteiger charge is -2.11. The average Bonchev–Trinajstić information content (AvgIpc) is 3.21. The SMILES string of the molecule is CCOc1ccc(NC(=O)[C@H](C)Sc2nnc(NC(=O)CCc3ccccc3)s2)cc1. The van der Waals surface area contributed by atoms with Gasteiger partial charge < -0.3 is 15.4 Å². The van der Waals surface area contributed by atoms with Crippen molar-refractivity contribution in [2.24, 2.45) is 0 Å². The minimum Gasteiger partial charge on any atom is -0.494 e. The van der Waals surface area contributed by atoms with Gasteiger partial charge in [-0.15, -0.1) is 10.2 Å². The molecule has 0 saturated carbocycles. The summed E-state index contributed by atoms with van der Waals surface area (Å²) in [5, 5.41) is 13.8. The zero-order valence-electron chi connectivity index (χ0n) is 17.3. The van der Waals surface area contributed by atoms with Crippen molar-refractivity contribution in [2.45, 2.75) is 36.3 Å². The van der Waals surface area contributed by atoms with E-state index in [1.165, 1.54) is 23.1 Å². The van der Waals surface area contributed by atoms with Crippen molar-refractivity contribution in [1.82, 2.24) is 10.2 Å². The highest BCUT2D eigenvalue weighted by Crippen LogP contribution is 2.29. The fourth-order valence-electron chi connectivity index (χ4n) is 2.64. The third-order valence-corrected chi connectivity index (χ3v) is 6.24. The average molecular weight is 457 g/mol. The molecule has 2 amide bonds. The first-order valence-corrected chi connectivity index (χ1v) is 11.6. The van der Waals surface area contributed by atoms with Gasteiger partial charge in [-0.25, -0.2) is 0 Å². The summed E-state index contributed by atoms with van der Waals surface area (Å²) in [6, 6.07) is 17.1. The first kappa shape index (κ1) is 22.8. The summed E-state index contributed by atoms with van der Waals surface area (Å²) in [4.78, 5) is 24.6. The molecule has 0 aliphatic heterocycles. The lowest BCUT2D eigenvalue weighted by Crippen LogP contribution is -2.22. The van der Waals surface area contributed by atoms with Crippen LogP contribution in [0.25, 0.3) is 0 Å². The Morgan fingerprint density at radius 3 is 2.52 bits per heavy atom. The van der Waals surface area contributed by atoms with Crippen LogP contribution >= 0.6 is 23.1 Å². The molecular weight excluding hydrogens is 432 g/mol. The Kier molecular flexibility index (Phi) is 8.43. The topological polar surface area (TPSA) is 93.2 Å². The van der Waals surface area contributed by atoms with Crippen LogP contribution in [0.4, 0.5) is 10.8 Å². The Morgan fingerprint density at radius 1 is 1.06 bits per heavy atom. The van der Waals surface area contributed by atoms with E-state index in [1.54, 1.807) is 19.1 Å². The molecule has 31 heavy (non-hydrogen) atoms. The van der Waals surface area contributed by atoms with Crippen LogP contribution in [0.15, 0.2) is 58.9 Å². The molecule has 1 atom stereocenters. The van der Waals surface area contributed by atoms with Gasteiger partial charge in [0.05, 0.1) is 11.9 Å². The van der Waals surface area contributed by atoms with E-state index in [0.29, 0.717) is 34.6 Å². The van der Waals surface area contributed by atoms with Crippen molar-refractivity contribution in [1.29, 1.82) is 0 Å². The van der Waals surface area contributed by atoms with Gasteiger partial charge in [0, 0.05) is 12.1 Å². The highest BCUT2D eigenvalue weighted by Gasteiger charge is 2.18. The van der Waals surface area contributed by atoms with Gasteiger partial charge in [-0.1, -0.05) is 53.4 Å². The van der Waals surface area contributed by atoms with Crippen LogP contribution in [0.5, 0.6) is 5.75 Å². The second-order valence-corrected chi connectivity index (χ2v) is 9.18. The summed E-state index contributed by atoms with van der Waals surface area (Å²) >= 11 is 2.55. The molecule has 0 fully saturated rings. The number of amides is 2. The van der Waals surface area contributed by atoms with Crippen molar-refractivity contribution < 1.29 is 14.3 Å². The molecule has 1 heterocycles. The maximum absolute atomic E-state index is 12.5. The second kappa shape index (κ2) is 11.5. The minimum atomic E-state index is -0.374. The van der Waals surface area contributed by atoms with Gasteiger partial charge in [0.15, 0.2) is 4.34 Å². The van der Waals surface area contributed by atoms with Gasteiger partial charge in [-0.3, -0.25) is 9.59 Å². The first-order chi connectivity index (χ1) is 15.0. The zero-order valence-corrected chi connectivity index (χ0v) is 19.0.